The van der Waals surface area contributed by atoms with Gasteiger partial charge in [0.25, 0.3) is 11.8 Å². The van der Waals surface area contributed by atoms with E-state index in [1.54, 1.807) is 57.3 Å². The lowest BCUT2D eigenvalue weighted by molar-refractivity contribution is -0.100. The van der Waals surface area contributed by atoms with Crippen molar-refractivity contribution in [1.82, 2.24) is 9.63 Å². The Balaban J connectivity index is 1.60. The van der Waals surface area contributed by atoms with Crippen molar-refractivity contribution in [3.8, 4) is 0 Å². The van der Waals surface area contributed by atoms with Crippen LogP contribution in [-0.4, -0.2) is 33.1 Å². The van der Waals surface area contributed by atoms with Crippen molar-refractivity contribution >= 4 is 28.8 Å². The second-order valence-corrected chi connectivity index (χ2v) is 7.75. The van der Waals surface area contributed by atoms with Gasteiger partial charge in [0, 0.05) is 17.1 Å². The molecule has 0 spiro atoms. The lowest BCUT2D eigenvalue weighted by atomic mass is 10.1. The number of carbonyl (C=O) groups is 3. The number of rotatable bonds is 3. The third-order valence-electron chi connectivity index (χ3n) is 4.49. The summed E-state index contributed by atoms with van der Waals surface area (Å²) in [5, 5.41) is 1.54. The molecular weight excluding hydrogens is 372 g/mol. The number of ether oxygens (including phenoxy) is 1. The van der Waals surface area contributed by atoms with E-state index in [1.165, 1.54) is 4.57 Å². The molecule has 0 bridgehead atoms. The maximum absolute atomic E-state index is 12.6. The van der Waals surface area contributed by atoms with Gasteiger partial charge in [-0.25, -0.2) is 4.79 Å². The van der Waals surface area contributed by atoms with Crippen LogP contribution in [0, 0.1) is 0 Å². The Bertz CT molecular complexity index is 1100. The highest BCUT2D eigenvalue weighted by Crippen LogP contribution is 2.26. The molecule has 1 aliphatic heterocycles. The lowest BCUT2D eigenvalue weighted by Crippen LogP contribution is -2.29. The molecule has 0 fully saturated rings. The topological polar surface area (TPSA) is 77.8 Å². The van der Waals surface area contributed by atoms with Crippen molar-refractivity contribution in [3.63, 3.8) is 0 Å². The molecule has 0 unspecified atom stereocenters. The van der Waals surface area contributed by atoms with Crippen LogP contribution < -0.4 is 0 Å². The Kier molecular flexibility index (Phi) is 4.47. The van der Waals surface area contributed by atoms with E-state index in [4.69, 9.17) is 9.57 Å². The third-order valence-corrected chi connectivity index (χ3v) is 4.49. The minimum absolute atomic E-state index is 0.0538. The van der Waals surface area contributed by atoms with Gasteiger partial charge in [-0.2, -0.15) is 0 Å². The largest absolute Gasteiger partial charge is 0.443 e. The number of hydrogen-bond acceptors (Lipinski definition) is 5. The molecule has 29 heavy (non-hydrogen) atoms. The SMILES string of the molecule is CC(C)(C)OC(=O)n1cc(CON2C(=O)c3ccccc3C2=O)c2ccccc21. The summed E-state index contributed by atoms with van der Waals surface area (Å²) >= 11 is 0. The number of carbonyl (C=O) groups excluding carboxylic acids is 3. The van der Waals surface area contributed by atoms with Gasteiger partial charge in [0.15, 0.2) is 0 Å². The van der Waals surface area contributed by atoms with E-state index >= 15 is 0 Å². The highest BCUT2D eigenvalue weighted by molar-refractivity contribution is 6.20. The Morgan fingerprint density at radius 3 is 2.14 bits per heavy atom. The summed E-state index contributed by atoms with van der Waals surface area (Å²) in [6, 6.07) is 13.9. The molecule has 0 aliphatic carbocycles. The average Bonchev–Trinajstić information content (AvgIpc) is 3.16. The number of hydroxylamine groups is 2. The van der Waals surface area contributed by atoms with Crippen molar-refractivity contribution in [1.29, 1.82) is 0 Å². The molecule has 0 saturated heterocycles. The molecule has 0 saturated carbocycles. The quantitative estimate of drug-likeness (QED) is 0.626. The first-order chi connectivity index (χ1) is 13.8. The van der Waals surface area contributed by atoms with Gasteiger partial charge in [-0.15, -0.1) is 5.06 Å². The number of aromatic nitrogens is 1. The molecule has 1 aliphatic rings. The molecule has 3 aromatic rings. The van der Waals surface area contributed by atoms with Gasteiger partial charge in [0.1, 0.15) is 12.2 Å². The first-order valence-corrected chi connectivity index (χ1v) is 9.19. The van der Waals surface area contributed by atoms with E-state index in [1.807, 2.05) is 18.2 Å². The Morgan fingerprint density at radius 1 is 0.931 bits per heavy atom. The molecule has 7 nitrogen and oxygen atoms in total. The molecule has 0 N–H and O–H groups in total. The number of hydrogen-bond donors (Lipinski definition) is 0. The Hall–Kier alpha value is -3.45. The van der Waals surface area contributed by atoms with Gasteiger partial charge >= 0.3 is 6.09 Å². The standard InChI is InChI=1S/C22H20N2O5/c1-22(2,3)29-21(27)23-12-14(15-8-6-7-11-18(15)23)13-28-24-19(25)16-9-4-5-10-17(16)20(24)26/h4-12H,13H2,1-3H3. The van der Waals surface area contributed by atoms with Crippen LogP contribution in [0.3, 0.4) is 0 Å². The van der Waals surface area contributed by atoms with E-state index in [-0.39, 0.29) is 6.61 Å². The van der Waals surface area contributed by atoms with Crippen LogP contribution in [0.5, 0.6) is 0 Å². The van der Waals surface area contributed by atoms with Gasteiger partial charge in [0.05, 0.1) is 16.6 Å². The number of fused-ring (bicyclic) bond motifs is 2. The van der Waals surface area contributed by atoms with E-state index in [9.17, 15) is 14.4 Å². The summed E-state index contributed by atoms with van der Waals surface area (Å²) in [5.74, 6) is -0.997. The maximum atomic E-state index is 12.6. The number of imide groups is 1. The third kappa shape index (κ3) is 3.40. The summed E-state index contributed by atoms with van der Waals surface area (Å²) in [7, 11) is 0. The van der Waals surface area contributed by atoms with Crippen molar-refractivity contribution in [3.05, 3.63) is 71.4 Å². The summed E-state index contributed by atoms with van der Waals surface area (Å²) in [5.41, 5.74) is 1.30. The zero-order chi connectivity index (χ0) is 20.8. The van der Waals surface area contributed by atoms with Crippen LogP contribution in [0.2, 0.25) is 0 Å². The minimum atomic E-state index is -0.640. The number of amides is 2. The first kappa shape index (κ1) is 18.9. The first-order valence-electron chi connectivity index (χ1n) is 9.19. The predicted octanol–water partition coefficient (Wildman–Crippen LogP) is 4.15. The highest BCUT2D eigenvalue weighted by atomic mass is 16.7. The predicted molar refractivity (Wildman–Crippen MR) is 105 cm³/mol. The van der Waals surface area contributed by atoms with E-state index in [0.717, 1.165) is 10.4 Å². The number of para-hydroxylation sites is 1. The smallest absolute Gasteiger partial charge is 0.419 e. The van der Waals surface area contributed by atoms with Gasteiger partial charge in [-0.3, -0.25) is 19.0 Å². The van der Waals surface area contributed by atoms with Crippen molar-refractivity contribution in [2.45, 2.75) is 33.0 Å². The van der Waals surface area contributed by atoms with Crippen molar-refractivity contribution in [2.24, 2.45) is 0 Å². The molecule has 1 aromatic heterocycles. The van der Waals surface area contributed by atoms with Crippen molar-refractivity contribution in [2.75, 3.05) is 0 Å². The summed E-state index contributed by atoms with van der Waals surface area (Å²) < 4.78 is 6.87. The summed E-state index contributed by atoms with van der Waals surface area (Å²) in [6.45, 7) is 5.33. The highest BCUT2D eigenvalue weighted by Gasteiger charge is 2.36. The van der Waals surface area contributed by atoms with Crippen LogP contribution in [0.4, 0.5) is 4.79 Å². The fourth-order valence-electron chi connectivity index (χ4n) is 3.25. The van der Waals surface area contributed by atoms with E-state index < -0.39 is 23.5 Å². The van der Waals surface area contributed by atoms with Crippen LogP contribution in [-0.2, 0) is 16.2 Å². The monoisotopic (exact) mass is 392 g/mol. The zero-order valence-electron chi connectivity index (χ0n) is 16.3. The Labute approximate surface area is 167 Å². The van der Waals surface area contributed by atoms with E-state index in [2.05, 4.69) is 0 Å². The number of nitrogens with zero attached hydrogens (tertiary/aromatic N) is 2. The van der Waals surface area contributed by atoms with Crippen LogP contribution in [0.1, 0.15) is 47.1 Å². The molecule has 0 radical (unpaired) electrons. The van der Waals surface area contributed by atoms with Gasteiger partial charge < -0.3 is 4.74 Å². The van der Waals surface area contributed by atoms with Gasteiger partial charge in [0.2, 0.25) is 0 Å². The lowest BCUT2D eigenvalue weighted by Gasteiger charge is -2.19. The van der Waals surface area contributed by atoms with Crippen molar-refractivity contribution < 1.29 is 24.0 Å². The fraction of sp³-hybridized carbons (Fsp3) is 0.227. The van der Waals surface area contributed by atoms with Gasteiger partial charge in [-0.1, -0.05) is 30.3 Å². The second-order valence-electron chi connectivity index (χ2n) is 7.75. The molecule has 0 atom stereocenters. The van der Waals surface area contributed by atoms with E-state index in [0.29, 0.717) is 22.2 Å². The molecule has 2 aromatic carbocycles. The summed E-state index contributed by atoms with van der Waals surface area (Å²) in [6.07, 6.45) is 1.09. The van der Waals surface area contributed by atoms with Crippen LogP contribution in [0.25, 0.3) is 10.9 Å². The Morgan fingerprint density at radius 2 is 1.52 bits per heavy atom. The molecule has 4 rings (SSSR count). The van der Waals surface area contributed by atoms with Crippen LogP contribution in [0.15, 0.2) is 54.7 Å². The average molecular weight is 392 g/mol. The molecule has 148 valence electrons. The molecular formula is C22H20N2O5. The second kappa shape index (κ2) is 6.86. The minimum Gasteiger partial charge on any atom is -0.443 e. The number of benzene rings is 2. The van der Waals surface area contributed by atoms with Gasteiger partial charge in [-0.05, 0) is 39.0 Å². The zero-order valence-corrected chi connectivity index (χ0v) is 16.3. The molecule has 2 amide bonds. The fourth-order valence-corrected chi connectivity index (χ4v) is 3.25. The molecule has 7 heteroatoms. The summed E-state index contributed by atoms with van der Waals surface area (Å²) in [4.78, 5) is 43.1. The normalized spacial score (nSPS) is 13.8. The molecule has 2 heterocycles. The maximum Gasteiger partial charge on any atom is 0.419 e. The van der Waals surface area contributed by atoms with Crippen LogP contribution >= 0.6 is 0 Å².